The average Bonchev–Trinajstić information content (AvgIpc) is 3.55. The van der Waals surface area contributed by atoms with Gasteiger partial charge in [0.05, 0.1) is 0 Å². The number of hydrogen-bond donors (Lipinski definition) is 5. The molecule has 6 nitrogen and oxygen atoms in total. The summed E-state index contributed by atoms with van der Waals surface area (Å²) in [7, 11) is 0. The molecule has 9 rings (SSSR count). The number of aromatic hydroxyl groups is 5. The predicted octanol–water partition coefficient (Wildman–Crippen LogP) is 11.0. The standard InChI is InChI=1S/C45H30O6/c46-41-37(42(47)44(49)45(50)43(41)48)24-35-30-10-4-6-12-33(30)40(34-13-7-5-11-31(34)35)29-19-21-38-36(22-29)32-20-18-28(23-39(32)51-38)27-16-14-26(15-17-27)25-8-2-1-3-9-25/h1-23,46-50H,24H2. The molecule has 6 heteroatoms. The highest BCUT2D eigenvalue weighted by Gasteiger charge is 2.25. The zero-order valence-corrected chi connectivity index (χ0v) is 27.1. The lowest BCUT2D eigenvalue weighted by Gasteiger charge is -2.19. The van der Waals surface area contributed by atoms with Gasteiger partial charge in [-0.25, -0.2) is 0 Å². The van der Waals surface area contributed by atoms with Gasteiger partial charge in [-0.1, -0.05) is 115 Å². The molecule has 9 aromatic rings. The second-order valence-electron chi connectivity index (χ2n) is 12.8. The van der Waals surface area contributed by atoms with E-state index in [0.29, 0.717) is 0 Å². The summed E-state index contributed by atoms with van der Waals surface area (Å²) in [6.07, 6.45) is -0.0247. The Balaban J connectivity index is 1.17. The highest BCUT2D eigenvalue weighted by molar-refractivity contribution is 6.17. The van der Waals surface area contributed by atoms with Gasteiger partial charge in [0.15, 0.2) is 11.5 Å². The maximum absolute atomic E-state index is 10.7. The van der Waals surface area contributed by atoms with Crippen LogP contribution in [0, 0.1) is 0 Å². The van der Waals surface area contributed by atoms with Crippen LogP contribution in [-0.2, 0) is 6.42 Å². The molecule has 0 unspecified atom stereocenters. The molecule has 0 aliphatic heterocycles. The monoisotopic (exact) mass is 666 g/mol. The molecule has 0 spiro atoms. The molecule has 0 aliphatic carbocycles. The van der Waals surface area contributed by atoms with E-state index < -0.39 is 28.7 Å². The quantitative estimate of drug-likeness (QED) is 0.0709. The normalized spacial score (nSPS) is 11.6. The Kier molecular flexibility index (Phi) is 6.86. The van der Waals surface area contributed by atoms with E-state index in [1.54, 1.807) is 0 Å². The van der Waals surface area contributed by atoms with Gasteiger partial charge in [-0.3, -0.25) is 0 Å². The molecule has 0 radical (unpaired) electrons. The molecule has 1 aromatic heterocycles. The molecule has 0 saturated heterocycles. The summed E-state index contributed by atoms with van der Waals surface area (Å²) >= 11 is 0. The predicted molar refractivity (Wildman–Crippen MR) is 203 cm³/mol. The van der Waals surface area contributed by atoms with E-state index >= 15 is 0 Å². The Labute approximate surface area is 292 Å². The fraction of sp³-hybridized carbons (Fsp3) is 0.0222. The number of phenolic OH excluding ortho intramolecular Hbond substituents is 5. The second kappa shape index (κ2) is 11.6. The van der Waals surface area contributed by atoms with Crippen LogP contribution in [0.3, 0.4) is 0 Å². The molecule has 0 fully saturated rings. The number of rotatable bonds is 5. The Bertz CT molecular complexity index is 2730. The summed E-state index contributed by atoms with van der Waals surface area (Å²) in [5, 5.41) is 57.7. The summed E-state index contributed by atoms with van der Waals surface area (Å²) in [5.74, 6) is -4.14. The molecule has 5 N–H and O–H groups in total. The van der Waals surface area contributed by atoms with Crippen molar-refractivity contribution in [3.8, 4) is 62.1 Å². The van der Waals surface area contributed by atoms with Gasteiger partial charge in [-0.05, 0) is 84.8 Å². The second-order valence-corrected chi connectivity index (χ2v) is 12.8. The Hall–Kier alpha value is -6.92. The van der Waals surface area contributed by atoms with Crippen LogP contribution in [0.25, 0.3) is 76.9 Å². The third kappa shape index (κ3) is 4.80. The molecule has 246 valence electrons. The van der Waals surface area contributed by atoms with Crippen LogP contribution in [0.15, 0.2) is 144 Å². The Morgan fingerprint density at radius 3 is 1.45 bits per heavy atom. The third-order valence-corrected chi connectivity index (χ3v) is 9.95. The average molecular weight is 667 g/mol. The topological polar surface area (TPSA) is 114 Å². The van der Waals surface area contributed by atoms with Gasteiger partial charge >= 0.3 is 0 Å². The van der Waals surface area contributed by atoms with Gasteiger partial charge in [0, 0.05) is 22.8 Å². The van der Waals surface area contributed by atoms with E-state index in [0.717, 1.165) is 71.3 Å². The van der Waals surface area contributed by atoms with E-state index in [1.165, 1.54) is 11.1 Å². The first-order chi connectivity index (χ1) is 24.9. The molecule has 51 heavy (non-hydrogen) atoms. The molecule has 1 heterocycles. The van der Waals surface area contributed by atoms with Crippen molar-refractivity contribution >= 4 is 43.5 Å². The first kappa shape index (κ1) is 30.2. The lowest BCUT2D eigenvalue weighted by Crippen LogP contribution is -1.97. The Morgan fingerprint density at radius 2 is 0.824 bits per heavy atom. The van der Waals surface area contributed by atoms with E-state index in [1.807, 2.05) is 72.8 Å². The van der Waals surface area contributed by atoms with Crippen LogP contribution in [0.5, 0.6) is 28.7 Å². The highest BCUT2D eigenvalue weighted by atomic mass is 16.4. The van der Waals surface area contributed by atoms with Gasteiger partial charge in [0.25, 0.3) is 0 Å². The van der Waals surface area contributed by atoms with E-state index in [4.69, 9.17) is 4.42 Å². The molecular formula is C45H30O6. The van der Waals surface area contributed by atoms with Crippen molar-refractivity contribution in [1.29, 1.82) is 0 Å². The van der Waals surface area contributed by atoms with Gasteiger partial charge in [-0.15, -0.1) is 0 Å². The highest BCUT2D eigenvalue weighted by Crippen LogP contribution is 2.52. The van der Waals surface area contributed by atoms with Crippen molar-refractivity contribution in [3.63, 3.8) is 0 Å². The van der Waals surface area contributed by atoms with E-state index in [-0.39, 0.29) is 12.0 Å². The lowest BCUT2D eigenvalue weighted by atomic mass is 9.85. The minimum absolute atomic E-state index is 0.0247. The van der Waals surface area contributed by atoms with Crippen molar-refractivity contribution in [2.45, 2.75) is 6.42 Å². The third-order valence-electron chi connectivity index (χ3n) is 9.95. The number of phenols is 5. The zero-order valence-electron chi connectivity index (χ0n) is 27.1. The minimum Gasteiger partial charge on any atom is -0.504 e. The maximum Gasteiger partial charge on any atom is 0.208 e. The summed E-state index contributed by atoms with van der Waals surface area (Å²) in [6.45, 7) is 0. The van der Waals surface area contributed by atoms with Crippen LogP contribution in [-0.4, -0.2) is 25.5 Å². The largest absolute Gasteiger partial charge is 0.504 e. The van der Waals surface area contributed by atoms with Gasteiger partial charge < -0.3 is 29.9 Å². The maximum atomic E-state index is 10.7. The van der Waals surface area contributed by atoms with Crippen LogP contribution < -0.4 is 0 Å². The van der Waals surface area contributed by atoms with Gasteiger partial charge in [0.2, 0.25) is 17.2 Å². The van der Waals surface area contributed by atoms with Crippen molar-refractivity contribution in [3.05, 3.63) is 151 Å². The van der Waals surface area contributed by atoms with E-state index in [2.05, 4.69) is 66.7 Å². The molecule has 0 atom stereocenters. The molecule has 0 amide bonds. The lowest BCUT2D eigenvalue weighted by molar-refractivity contribution is 0.325. The van der Waals surface area contributed by atoms with Crippen LogP contribution >= 0.6 is 0 Å². The van der Waals surface area contributed by atoms with Crippen LogP contribution in [0.1, 0.15) is 11.1 Å². The van der Waals surface area contributed by atoms with Gasteiger partial charge in [-0.2, -0.15) is 0 Å². The van der Waals surface area contributed by atoms with Crippen molar-refractivity contribution in [2.24, 2.45) is 0 Å². The first-order valence-corrected chi connectivity index (χ1v) is 16.6. The summed E-state index contributed by atoms with van der Waals surface area (Å²) in [6, 6.07) is 47.3. The molecule has 0 saturated carbocycles. The fourth-order valence-corrected chi connectivity index (χ4v) is 7.40. The number of hydrogen-bond acceptors (Lipinski definition) is 6. The molecule has 8 aromatic carbocycles. The fourth-order valence-electron chi connectivity index (χ4n) is 7.40. The van der Waals surface area contributed by atoms with Crippen LogP contribution in [0.2, 0.25) is 0 Å². The number of furan rings is 1. The summed E-state index contributed by atoms with van der Waals surface area (Å²) in [4.78, 5) is 0. The first-order valence-electron chi connectivity index (χ1n) is 16.6. The Morgan fingerprint density at radius 1 is 0.333 bits per heavy atom. The number of fused-ring (bicyclic) bond motifs is 5. The molecular weight excluding hydrogens is 636 g/mol. The van der Waals surface area contributed by atoms with Crippen LogP contribution in [0.4, 0.5) is 0 Å². The summed E-state index contributed by atoms with van der Waals surface area (Å²) < 4.78 is 6.40. The number of benzene rings is 8. The van der Waals surface area contributed by atoms with Crippen molar-refractivity contribution in [2.75, 3.05) is 0 Å². The molecule has 0 aliphatic rings. The SMILES string of the molecule is Oc1c(O)c(O)c(Cc2c3ccccc3c(-c3ccc4oc5cc(-c6ccc(-c7ccccc7)cc6)ccc5c4c3)c3ccccc23)c(O)c1O. The smallest absolute Gasteiger partial charge is 0.208 e. The van der Waals surface area contributed by atoms with Crippen molar-refractivity contribution < 1.29 is 29.9 Å². The molecule has 0 bridgehead atoms. The zero-order chi connectivity index (χ0) is 34.8. The summed E-state index contributed by atoms with van der Waals surface area (Å²) in [5.41, 5.74) is 8.81. The minimum atomic E-state index is -0.977. The van der Waals surface area contributed by atoms with Crippen molar-refractivity contribution in [1.82, 2.24) is 0 Å². The van der Waals surface area contributed by atoms with E-state index in [9.17, 15) is 25.5 Å². The van der Waals surface area contributed by atoms with Gasteiger partial charge in [0.1, 0.15) is 11.2 Å².